The van der Waals surface area contributed by atoms with Crippen LogP contribution in [0.15, 0.2) is 48.0 Å². The minimum atomic E-state index is 0.266. The fourth-order valence-corrected chi connectivity index (χ4v) is 6.43. The highest BCUT2D eigenvalue weighted by molar-refractivity contribution is 6.98. The van der Waals surface area contributed by atoms with E-state index in [1.807, 2.05) is 0 Å². The predicted octanol–water partition coefficient (Wildman–Crippen LogP) is 5.35. The first-order chi connectivity index (χ1) is 15.3. The second-order valence-corrected chi connectivity index (χ2v) is 10.2. The zero-order valence-electron chi connectivity index (χ0n) is 20.1. The molecule has 0 saturated heterocycles. The van der Waals surface area contributed by atoms with Crippen LogP contribution < -0.4 is 16.4 Å². The molecule has 3 aromatic carbocycles. The lowest BCUT2D eigenvalue weighted by atomic mass is 9.34. The molecule has 1 nitrogen and oxygen atoms in total. The average Bonchev–Trinajstić information content (AvgIpc) is 3.03. The smallest absolute Gasteiger partial charge is 0.247 e. The van der Waals surface area contributed by atoms with E-state index in [4.69, 9.17) is 0 Å². The molecule has 0 amide bonds. The van der Waals surface area contributed by atoms with Crippen LogP contribution in [0, 0.1) is 34.6 Å². The number of aryl methyl sites for hydroxylation is 5. The van der Waals surface area contributed by atoms with Crippen LogP contribution in [0.4, 0.5) is 0 Å². The Morgan fingerprint density at radius 2 is 1.41 bits per heavy atom. The van der Waals surface area contributed by atoms with Gasteiger partial charge in [0.15, 0.2) is 0 Å². The van der Waals surface area contributed by atoms with Crippen LogP contribution in [-0.2, 0) is 6.42 Å². The average molecular weight is 415 g/mol. The highest BCUT2D eigenvalue weighted by Gasteiger charge is 2.36. The van der Waals surface area contributed by atoms with Gasteiger partial charge in [-0.05, 0) is 77.4 Å². The summed E-state index contributed by atoms with van der Waals surface area (Å²) in [5.74, 6) is 0. The van der Waals surface area contributed by atoms with Gasteiger partial charge in [-0.15, -0.1) is 0 Å². The molecule has 1 aromatic heterocycles. The number of aromatic nitrogens is 1. The number of nitrogens with zero attached hydrogens (tertiary/aromatic N) is 1. The molecule has 4 aromatic rings. The molecule has 32 heavy (non-hydrogen) atoms. The largest absolute Gasteiger partial charge is 0.314 e. The van der Waals surface area contributed by atoms with Gasteiger partial charge in [-0.25, -0.2) is 0 Å². The van der Waals surface area contributed by atoms with Crippen LogP contribution in [0.5, 0.6) is 0 Å². The van der Waals surface area contributed by atoms with Crippen LogP contribution >= 0.6 is 0 Å². The van der Waals surface area contributed by atoms with Gasteiger partial charge in [0.1, 0.15) is 0 Å². The summed E-state index contributed by atoms with van der Waals surface area (Å²) in [6.07, 6.45) is 4.71. The third-order valence-corrected chi connectivity index (χ3v) is 7.60. The molecule has 158 valence electrons. The summed E-state index contributed by atoms with van der Waals surface area (Å²) >= 11 is 0. The maximum atomic E-state index is 2.60. The Morgan fingerprint density at radius 1 is 0.719 bits per heavy atom. The first-order valence-electron chi connectivity index (χ1n) is 11.9. The minimum absolute atomic E-state index is 0.266. The van der Waals surface area contributed by atoms with Crippen molar-refractivity contribution in [2.45, 2.75) is 54.4 Å². The number of rotatable bonds is 1. The fourth-order valence-electron chi connectivity index (χ4n) is 6.43. The van der Waals surface area contributed by atoms with E-state index < -0.39 is 0 Å². The van der Waals surface area contributed by atoms with Crippen molar-refractivity contribution >= 4 is 40.1 Å². The van der Waals surface area contributed by atoms with Gasteiger partial charge in [0.05, 0.1) is 0 Å². The summed E-state index contributed by atoms with van der Waals surface area (Å²) in [5.41, 5.74) is 18.4. The fraction of sp³-hybridized carbons (Fsp3) is 0.267. The second-order valence-electron chi connectivity index (χ2n) is 10.2. The second kappa shape index (κ2) is 6.75. The molecule has 0 spiro atoms. The quantitative estimate of drug-likeness (QED) is 0.325. The Labute approximate surface area is 191 Å². The van der Waals surface area contributed by atoms with Crippen molar-refractivity contribution in [3.05, 3.63) is 87.1 Å². The van der Waals surface area contributed by atoms with Crippen molar-refractivity contribution < 1.29 is 0 Å². The van der Waals surface area contributed by atoms with Crippen LogP contribution in [0.25, 0.3) is 22.7 Å². The van der Waals surface area contributed by atoms with E-state index in [1.165, 1.54) is 77.6 Å². The van der Waals surface area contributed by atoms with Crippen LogP contribution in [0.1, 0.15) is 52.4 Å². The van der Waals surface area contributed by atoms with Gasteiger partial charge in [-0.1, -0.05) is 75.3 Å². The van der Waals surface area contributed by atoms with Gasteiger partial charge in [-0.3, -0.25) is 0 Å². The maximum Gasteiger partial charge on any atom is 0.247 e. The monoisotopic (exact) mass is 415 g/mol. The first-order valence-corrected chi connectivity index (χ1v) is 11.9. The Balaban J connectivity index is 1.81. The zero-order valence-corrected chi connectivity index (χ0v) is 20.1. The number of allylic oxidation sites excluding steroid dienone is 1. The molecule has 0 saturated carbocycles. The predicted molar refractivity (Wildman–Crippen MR) is 140 cm³/mol. The van der Waals surface area contributed by atoms with Crippen molar-refractivity contribution in [2.24, 2.45) is 0 Å². The molecule has 0 N–H and O–H groups in total. The van der Waals surface area contributed by atoms with Gasteiger partial charge in [0.2, 0.25) is 6.71 Å². The maximum absolute atomic E-state index is 2.60. The Hall–Kier alpha value is -3.00. The lowest BCUT2D eigenvalue weighted by Gasteiger charge is -2.30. The number of hydrogen-bond acceptors (Lipinski definition) is 0. The molecule has 2 heterocycles. The molecule has 2 aliphatic rings. The van der Waals surface area contributed by atoms with Crippen molar-refractivity contribution in [3.8, 4) is 5.69 Å². The Kier molecular flexibility index (Phi) is 4.15. The highest BCUT2D eigenvalue weighted by atomic mass is 15.0. The summed E-state index contributed by atoms with van der Waals surface area (Å²) in [5, 5.41) is 1.42. The zero-order chi connectivity index (χ0) is 22.3. The van der Waals surface area contributed by atoms with Crippen LogP contribution in [-0.4, -0.2) is 11.3 Å². The van der Waals surface area contributed by atoms with Crippen molar-refractivity contribution in [1.29, 1.82) is 0 Å². The highest BCUT2D eigenvalue weighted by Crippen LogP contribution is 2.37. The van der Waals surface area contributed by atoms with E-state index in [-0.39, 0.29) is 6.71 Å². The Bertz CT molecular complexity index is 1460. The Morgan fingerprint density at radius 3 is 2.16 bits per heavy atom. The lowest BCUT2D eigenvalue weighted by Crippen LogP contribution is -2.57. The number of fused-ring (bicyclic) bond motifs is 5. The molecule has 2 heteroatoms. The molecule has 1 aliphatic carbocycles. The molecular weight excluding hydrogens is 385 g/mol. The molecule has 6 rings (SSSR count). The molecule has 0 atom stereocenters. The number of benzene rings is 3. The topological polar surface area (TPSA) is 4.93 Å². The van der Waals surface area contributed by atoms with Gasteiger partial charge in [-0.2, -0.15) is 0 Å². The van der Waals surface area contributed by atoms with E-state index in [2.05, 4.69) is 94.7 Å². The molecule has 0 radical (unpaired) electrons. The summed E-state index contributed by atoms with van der Waals surface area (Å²) < 4.78 is 2.60. The minimum Gasteiger partial charge on any atom is -0.314 e. The number of hydrogen-bond donors (Lipinski definition) is 0. The van der Waals surface area contributed by atoms with Gasteiger partial charge in [0, 0.05) is 27.8 Å². The van der Waals surface area contributed by atoms with Gasteiger partial charge < -0.3 is 4.57 Å². The van der Waals surface area contributed by atoms with Crippen molar-refractivity contribution in [1.82, 2.24) is 4.57 Å². The summed E-state index contributed by atoms with van der Waals surface area (Å²) in [7, 11) is 0. The molecular formula is C30H30BN. The molecule has 0 unspecified atom stereocenters. The van der Waals surface area contributed by atoms with Gasteiger partial charge in [0.25, 0.3) is 0 Å². The van der Waals surface area contributed by atoms with Crippen molar-refractivity contribution in [2.75, 3.05) is 0 Å². The van der Waals surface area contributed by atoms with Crippen molar-refractivity contribution in [3.63, 3.8) is 0 Å². The SMILES string of the molecule is CC1=Cc2c(n3c4c(cc(C)cc24)B(c2c(C)cc(C)cc2C)c2cc(C)ccc2-3)CC1. The normalized spacial score (nSPS) is 14.4. The summed E-state index contributed by atoms with van der Waals surface area (Å²) in [6, 6.07) is 16.7. The third kappa shape index (κ3) is 2.65. The molecule has 1 aliphatic heterocycles. The van der Waals surface area contributed by atoms with Crippen LogP contribution in [0.3, 0.4) is 0 Å². The molecule has 0 fully saturated rings. The summed E-state index contributed by atoms with van der Waals surface area (Å²) in [4.78, 5) is 0. The molecule has 0 bridgehead atoms. The van der Waals surface area contributed by atoms with E-state index in [9.17, 15) is 0 Å². The van der Waals surface area contributed by atoms with E-state index in [1.54, 1.807) is 0 Å². The van der Waals surface area contributed by atoms with E-state index in [0.29, 0.717) is 0 Å². The standard InChI is InChI=1S/C30H30BN/c1-17-7-9-27-23(13-17)24-14-20(4)16-26-30(24)32(27)28-10-8-18(2)15-25(28)31(26)29-21(5)11-19(3)12-22(29)6/h8,10-16H,7,9H2,1-6H3. The van der Waals surface area contributed by atoms with E-state index >= 15 is 0 Å². The lowest BCUT2D eigenvalue weighted by molar-refractivity contribution is 0.857. The van der Waals surface area contributed by atoms with E-state index in [0.717, 1.165) is 12.8 Å². The van der Waals surface area contributed by atoms with Crippen LogP contribution in [0.2, 0.25) is 0 Å². The van der Waals surface area contributed by atoms with Gasteiger partial charge >= 0.3 is 0 Å². The summed E-state index contributed by atoms with van der Waals surface area (Å²) in [6.45, 7) is 13.8. The third-order valence-electron chi connectivity index (χ3n) is 7.60. The first kappa shape index (κ1) is 19.7.